The van der Waals surface area contributed by atoms with Crippen LogP contribution in [-0.4, -0.2) is 20.7 Å². The quantitative estimate of drug-likeness (QED) is 0.314. The highest BCUT2D eigenvalue weighted by Gasteiger charge is 2.36. The van der Waals surface area contributed by atoms with Gasteiger partial charge < -0.3 is 15.7 Å². The topological polar surface area (TPSA) is 94.8 Å². The summed E-state index contributed by atoms with van der Waals surface area (Å²) in [5.41, 5.74) is 8.26. The van der Waals surface area contributed by atoms with E-state index in [0.717, 1.165) is 30.4 Å². The number of pyridine rings is 1. The van der Waals surface area contributed by atoms with Crippen LogP contribution < -0.4 is 17.0 Å². The summed E-state index contributed by atoms with van der Waals surface area (Å²) in [6.07, 6.45) is 2.69. The summed E-state index contributed by atoms with van der Waals surface area (Å²) < 4.78 is 55.6. The van der Waals surface area contributed by atoms with Gasteiger partial charge in [0.2, 0.25) is 0 Å². The summed E-state index contributed by atoms with van der Waals surface area (Å²) in [4.78, 5) is 8.53. The van der Waals surface area contributed by atoms with Crippen LogP contribution in [0.15, 0.2) is 54.7 Å². The fourth-order valence-electron chi connectivity index (χ4n) is 4.16. The van der Waals surface area contributed by atoms with Gasteiger partial charge >= 0.3 is 6.18 Å². The molecule has 0 spiro atoms. The van der Waals surface area contributed by atoms with E-state index >= 15 is 0 Å². The van der Waals surface area contributed by atoms with Crippen molar-refractivity contribution < 1.29 is 17.6 Å². The van der Waals surface area contributed by atoms with Crippen LogP contribution in [0.1, 0.15) is 35.4 Å². The predicted octanol–water partition coefficient (Wildman–Crippen LogP) is 3.86. The number of benzene rings is 1. The van der Waals surface area contributed by atoms with E-state index in [-0.39, 0.29) is 17.3 Å². The Morgan fingerprint density at radius 3 is 2.75 bits per heavy atom. The molecule has 1 aromatic carbocycles. The van der Waals surface area contributed by atoms with Crippen molar-refractivity contribution in [2.45, 2.75) is 37.9 Å². The van der Waals surface area contributed by atoms with Crippen molar-refractivity contribution in [1.82, 2.24) is 20.0 Å². The molecule has 32 heavy (non-hydrogen) atoms. The summed E-state index contributed by atoms with van der Waals surface area (Å²) in [6, 6.07) is 7.95. The van der Waals surface area contributed by atoms with Gasteiger partial charge in [0.05, 0.1) is 17.7 Å². The third-order valence-electron chi connectivity index (χ3n) is 5.65. The van der Waals surface area contributed by atoms with E-state index in [4.69, 9.17) is 11.6 Å². The summed E-state index contributed by atoms with van der Waals surface area (Å²) in [5.74, 6) is 4.84. The minimum Gasteiger partial charge on any atom is -0.397 e. The number of imidazole rings is 1. The van der Waals surface area contributed by atoms with Gasteiger partial charge in [0, 0.05) is 30.4 Å². The van der Waals surface area contributed by atoms with Gasteiger partial charge in [-0.1, -0.05) is 12.1 Å². The standard InChI is InChI=1S/C22H22F4N6/c23-16-6-2-4-13-3-1-5-15(19(13)16)10-32-11-18(30-12-32)17-9-14(7-8-29-17)20(27)21(31-28)22(24,25)26/h2,4,6-9,11-12,15,31H,1,3,5,10,27-28H2/b21-20-. The number of hydrogen-bond acceptors (Lipinski definition) is 5. The molecule has 6 nitrogen and oxygen atoms in total. The minimum atomic E-state index is -4.73. The Morgan fingerprint density at radius 2 is 2.00 bits per heavy atom. The second-order valence-electron chi connectivity index (χ2n) is 7.72. The maximum absolute atomic E-state index is 14.4. The third kappa shape index (κ3) is 4.31. The van der Waals surface area contributed by atoms with Crippen molar-refractivity contribution in [2.75, 3.05) is 0 Å². The van der Waals surface area contributed by atoms with E-state index in [1.54, 1.807) is 24.0 Å². The molecule has 3 aromatic rings. The number of fused-ring (bicyclic) bond motifs is 1. The van der Waals surface area contributed by atoms with Crippen LogP contribution in [-0.2, 0) is 13.0 Å². The first-order valence-electron chi connectivity index (χ1n) is 10.1. The lowest BCUT2D eigenvalue weighted by Crippen LogP contribution is -2.34. The molecule has 0 fully saturated rings. The number of hydrogen-bond donors (Lipinski definition) is 3. The van der Waals surface area contributed by atoms with Crippen molar-refractivity contribution in [1.29, 1.82) is 0 Å². The second-order valence-corrected chi connectivity index (χ2v) is 7.72. The van der Waals surface area contributed by atoms with Crippen molar-refractivity contribution in [2.24, 2.45) is 11.6 Å². The number of aryl methyl sites for hydroxylation is 1. The van der Waals surface area contributed by atoms with Crippen LogP contribution in [0.5, 0.6) is 0 Å². The molecule has 2 heterocycles. The van der Waals surface area contributed by atoms with Crippen molar-refractivity contribution in [3.63, 3.8) is 0 Å². The van der Waals surface area contributed by atoms with Gasteiger partial charge in [0.15, 0.2) is 5.70 Å². The molecule has 1 atom stereocenters. The Labute approximate surface area is 181 Å². The molecule has 0 amide bonds. The first-order chi connectivity index (χ1) is 15.3. The number of alkyl halides is 3. The molecule has 2 aromatic heterocycles. The number of allylic oxidation sites excluding steroid dienone is 1. The average molecular weight is 446 g/mol. The number of rotatable bonds is 5. The lowest BCUT2D eigenvalue weighted by molar-refractivity contribution is -0.0961. The fraction of sp³-hybridized carbons (Fsp3) is 0.273. The molecular weight excluding hydrogens is 424 g/mol. The van der Waals surface area contributed by atoms with E-state index in [1.807, 2.05) is 10.6 Å². The molecule has 0 radical (unpaired) electrons. The number of halogens is 4. The third-order valence-corrected chi connectivity index (χ3v) is 5.65. The van der Waals surface area contributed by atoms with Gasteiger partial charge in [-0.05, 0) is 48.6 Å². The smallest absolute Gasteiger partial charge is 0.397 e. The summed E-state index contributed by atoms with van der Waals surface area (Å²) in [6.45, 7) is 0.540. The zero-order valence-corrected chi connectivity index (χ0v) is 17.0. The monoisotopic (exact) mass is 446 g/mol. The molecule has 0 saturated heterocycles. The first kappa shape index (κ1) is 21.8. The molecule has 0 bridgehead atoms. The van der Waals surface area contributed by atoms with Gasteiger partial charge in [-0.3, -0.25) is 10.8 Å². The van der Waals surface area contributed by atoms with Crippen LogP contribution in [0.2, 0.25) is 0 Å². The Hall–Kier alpha value is -3.40. The normalized spacial score (nSPS) is 17.0. The maximum atomic E-state index is 14.4. The molecule has 4 rings (SSSR count). The van der Waals surface area contributed by atoms with Crippen molar-refractivity contribution in [3.05, 3.63) is 77.3 Å². The Balaban J connectivity index is 1.60. The Bertz CT molecular complexity index is 1150. The molecule has 0 saturated carbocycles. The SMILES string of the molecule is NN/C(=C(\N)c1ccnc(-c2cn(CC3CCCc4cccc(F)c43)cn2)c1)C(F)(F)F. The zero-order valence-electron chi connectivity index (χ0n) is 17.0. The van der Waals surface area contributed by atoms with Crippen LogP contribution in [0.4, 0.5) is 17.6 Å². The van der Waals surface area contributed by atoms with Crippen molar-refractivity contribution >= 4 is 5.70 Å². The fourth-order valence-corrected chi connectivity index (χ4v) is 4.16. The van der Waals surface area contributed by atoms with Gasteiger partial charge in [-0.2, -0.15) is 13.2 Å². The molecule has 1 unspecified atom stereocenters. The van der Waals surface area contributed by atoms with Crippen LogP contribution in [0.3, 0.4) is 0 Å². The van der Waals surface area contributed by atoms with E-state index in [0.29, 0.717) is 17.9 Å². The van der Waals surface area contributed by atoms with Crippen molar-refractivity contribution in [3.8, 4) is 11.4 Å². The van der Waals surface area contributed by atoms with Gasteiger partial charge in [0.1, 0.15) is 11.5 Å². The molecule has 168 valence electrons. The van der Waals surface area contributed by atoms with Crippen LogP contribution >= 0.6 is 0 Å². The molecule has 1 aliphatic rings. The average Bonchev–Trinajstić information content (AvgIpc) is 3.22. The number of nitrogens with one attached hydrogen (secondary N) is 1. The summed E-state index contributed by atoms with van der Waals surface area (Å²) in [5, 5.41) is 0. The highest BCUT2D eigenvalue weighted by atomic mass is 19.4. The first-order valence-corrected chi connectivity index (χ1v) is 10.1. The Morgan fingerprint density at radius 1 is 1.19 bits per heavy atom. The van der Waals surface area contributed by atoms with E-state index < -0.39 is 17.6 Å². The second kappa shape index (κ2) is 8.62. The molecular formula is C22H22F4N6. The molecule has 10 heteroatoms. The lowest BCUT2D eigenvalue weighted by Gasteiger charge is -2.26. The number of aromatic nitrogens is 3. The number of hydrazine groups is 1. The Kier molecular flexibility index (Phi) is 5.88. The van der Waals surface area contributed by atoms with E-state index in [9.17, 15) is 17.6 Å². The van der Waals surface area contributed by atoms with Gasteiger partial charge in [-0.15, -0.1) is 0 Å². The van der Waals surface area contributed by atoms with Crippen LogP contribution in [0.25, 0.3) is 17.1 Å². The molecule has 1 aliphatic carbocycles. The number of nitrogens with two attached hydrogens (primary N) is 2. The lowest BCUT2D eigenvalue weighted by atomic mass is 9.82. The number of nitrogens with zero attached hydrogens (tertiary/aromatic N) is 3. The van der Waals surface area contributed by atoms with Crippen LogP contribution in [0, 0.1) is 5.82 Å². The molecule has 0 aliphatic heterocycles. The largest absolute Gasteiger partial charge is 0.434 e. The maximum Gasteiger partial charge on any atom is 0.434 e. The minimum absolute atomic E-state index is 0.0184. The summed E-state index contributed by atoms with van der Waals surface area (Å²) >= 11 is 0. The highest BCUT2D eigenvalue weighted by Crippen LogP contribution is 2.35. The van der Waals surface area contributed by atoms with Gasteiger partial charge in [-0.25, -0.2) is 9.37 Å². The van der Waals surface area contributed by atoms with Gasteiger partial charge in [0.25, 0.3) is 0 Å². The predicted molar refractivity (Wildman–Crippen MR) is 112 cm³/mol. The van der Waals surface area contributed by atoms with E-state index in [2.05, 4.69) is 9.97 Å². The molecule has 5 N–H and O–H groups in total. The highest BCUT2D eigenvalue weighted by molar-refractivity contribution is 5.69. The zero-order chi connectivity index (χ0) is 22.9. The van der Waals surface area contributed by atoms with E-state index in [1.165, 1.54) is 24.4 Å². The summed E-state index contributed by atoms with van der Waals surface area (Å²) in [7, 11) is 0.